The molecule has 1 aliphatic carbocycles. The summed E-state index contributed by atoms with van der Waals surface area (Å²) in [6, 6.07) is 8.72. The molecule has 0 aliphatic heterocycles. The molecule has 0 amide bonds. The van der Waals surface area contributed by atoms with E-state index in [1.54, 1.807) is 0 Å². The first-order chi connectivity index (χ1) is 9.45. The Labute approximate surface area is 124 Å². The Hall–Kier alpha value is -0.610. The first-order valence-corrected chi connectivity index (χ1v) is 8.18. The zero-order valence-electron chi connectivity index (χ0n) is 12.3. The van der Waals surface area contributed by atoms with Crippen molar-refractivity contribution < 1.29 is 8.78 Å². The van der Waals surface area contributed by atoms with Gasteiger partial charge < -0.3 is 5.32 Å². The number of benzene rings is 1. The highest BCUT2D eigenvalue weighted by Gasteiger charge is 2.47. The average molecular weight is 299 g/mol. The predicted octanol–water partition coefficient (Wildman–Crippen LogP) is 4.54. The molecule has 20 heavy (non-hydrogen) atoms. The normalized spacial score (nSPS) is 24.7. The quantitative estimate of drug-likeness (QED) is 0.774. The summed E-state index contributed by atoms with van der Waals surface area (Å²) < 4.78 is 24.4. The minimum atomic E-state index is -2.24. The highest BCUT2D eigenvalue weighted by molar-refractivity contribution is 7.99. The Kier molecular flexibility index (Phi) is 5.08. The van der Waals surface area contributed by atoms with Gasteiger partial charge in [-0.15, -0.1) is 11.8 Å². The summed E-state index contributed by atoms with van der Waals surface area (Å²) in [5.41, 5.74) is 1.58. The molecular weight excluding hydrogens is 276 g/mol. The molecule has 1 aliphatic rings. The zero-order chi connectivity index (χ0) is 14.8. The molecule has 1 nitrogen and oxygen atoms in total. The van der Waals surface area contributed by atoms with Gasteiger partial charge in [0.1, 0.15) is 0 Å². The van der Waals surface area contributed by atoms with Crippen molar-refractivity contribution in [2.75, 3.05) is 12.3 Å². The van der Waals surface area contributed by atoms with E-state index in [2.05, 4.69) is 38.2 Å². The molecule has 1 N–H and O–H groups in total. The molecule has 1 aromatic rings. The van der Waals surface area contributed by atoms with Crippen LogP contribution in [0.15, 0.2) is 29.2 Å². The summed E-state index contributed by atoms with van der Waals surface area (Å²) in [6.07, 6.45) is -1.09. The van der Waals surface area contributed by atoms with Gasteiger partial charge in [-0.3, -0.25) is 0 Å². The first-order valence-electron chi connectivity index (χ1n) is 7.19. The summed E-state index contributed by atoms with van der Waals surface area (Å²) in [4.78, 5) is 0.925. The minimum absolute atomic E-state index is 0.128. The lowest BCUT2D eigenvalue weighted by molar-refractivity contribution is 0.0706. The van der Waals surface area contributed by atoms with Crippen LogP contribution in [0, 0.1) is 5.41 Å². The Bertz CT molecular complexity index is 431. The average Bonchev–Trinajstić information content (AvgIpc) is 2.41. The van der Waals surface area contributed by atoms with E-state index in [0.29, 0.717) is 12.0 Å². The molecule has 0 spiro atoms. The second-order valence-electron chi connectivity index (χ2n) is 5.99. The summed E-state index contributed by atoms with van der Waals surface area (Å²) in [5.74, 6) is 0.428. The lowest BCUT2D eigenvalue weighted by Crippen LogP contribution is -2.55. The van der Waals surface area contributed by atoms with Gasteiger partial charge in [-0.2, -0.15) is 0 Å². The van der Waals surface area contributed by atoms with Crippen molar-refractivity contribution in [1.82, 2.24) is 5.32 Å². The third-order valence-electron chi connectivity index (χ3n) is 4.38. The van der Waals surface area contributed by atoms with Gasteiger partial charge in [-0.1, -0.05) is 32.9 Å². The summed E-state index contributed by atoms with van der Waals surface area (Å²) in [7, 11) is 0. The standard InChI is InChI=1S/C16H23F2NS/c1-4-19-14-9-13(16(14,2)3)11-5-7-12(8-6-11)20-10-15(17)18/h5-8,13-15,19H,4,9-10H2,1-3H3. The van der Waals surface area contributed by atoms with E-state index in [-0.39, 0.29) is 11.2 Å². The van der Waals surface area contributed by atoms with E-state index in [0.717, 1.165) is 17.9 Å². The Morgan fingerprint density at radius 1 is 1.30 bits per heavy atom. The van der Waals surface area contributed by atoms with E-state index >= 15 is 0 Å². The largest absolute Gasteiger partial charge is 0.314 e. The van der Waals surface area contributed by atoms with Crippen LogP contribution in [0.4, 0.5) is 8.78 Å². The monoisotopic (exact) mass is 299 g/mol. The van der Waals surface area contributed by atoms with Crippen molar-refractivity contribution in [3.63, 3.8) is 0 Å². The van der Waals surface area contributed by atoms with E-state index in [9.17, 15) is 8.78 Å². The fourth-order valence-corrected chi connectivity index (χ4v) is 3.69. The maximum absolute atomic E-state index is 12.2. The Balaban J connectivity index is 1.97. The molecule has 2 atom stereocenters. The van der Waals surface area contributed by atoms with Crippen LogP contribution in [0.25, 0.3) is 0 Å². The lowest BCUT2D eigenvalue weighted by Gasteiger charge is -2.53. The minimum Gasteiger partial charge on any atom is -0.314 e. The fourth-order valence-electron chi connectivity index (χ4n) is 3.04. The molecule has 1 fully saturated rings. The van der Waals surface area contributed by atoms with Gasteiger partial charge in [0.2, 0.25) is 6.43 Å². The Morgan fingerprint density at radius 3 is 2.45 bits per heavy atom. The van der Waals surface area contributed by atoms with Crippen LogP contribution < -0.4 is 5.32 Å². The van der Waals surface area contributed by atoms with E-state index in [1.807, 2.05) is 12.1 Å². The van der Waals surface area contributed by atoms with Crippen LogP contribution >= 0.6 is 11.8 Å². The van der Waals surface area contributed by atoms with Gasteiger partial charge >= 0.3 is 0 Å². The molecule has 0 heterocycles. The summed E-state index contributed by atoms with van der Waals surface area (Å²) >= 11 is 1.22. The van der Waals surface area contributed by atoms with Gasteiger partial charge in [-0.05, 0) is 42.0 Å². The molecular formula is C16H23F2NS. The highest BCUT2D eigenvalue weighted by Crippen LogP contribution is 2.52. The third kappa shape index (κ3) is 3.34. The van der Waals surface area contributed by atoms with Crippen molar-refractivity contribution in [3.8, 4) is 0 Å². The van der Waals surface area contributed by atoms with Crippen LogP contribution in [0.1, 0.15) is 38.7 Å². The van der Waals surface area contributed by atoms with Crippen LogP contribution in [-0.4, -0.2) is 24.8 Å². The second-order valence-corrected chi connectivity index (χ2v) is 7.08. The number of hydrogen-bond acceptors (Lipinski definition) is 2. The number of thioether (sulfide) groups is 1. The maximum atomic E-state index is 12.2. The van der Waals surface area contributed by atoms with Gasteiger partial charge in [0.05, 0.1) is 5.75 Å². The number of alkyl halides is 2. The topological polar surface area (TPSA) is 12.0 Å². The highest BCUT2D eigenvalue weighted by atomic mass is 32.2. The van der Waals surface area contributed by atoms with E-state index < -0.39 is 6.43 Å². The molecule has 2 unspecified atom stereocenters. The molecule has 0 aromatic heterocycles. The van der Waals surface area contributed by atoms with Crippen LogP contribution in [-0.2, 0) is 0 Å². The van der Waals surface area contributed by atoms with Crippen molar-refractivity contribution in [1.29, 1.82) is 0 Å². The molecule has 0 radical (unpaired) electrons. The smallest absolute Gasteiger partial charge is 0.247 e. The van der Waals surface area contributed by atoms with Gasteiger partial charge in [0, 0.05) is 10.9 Å². The predicted molar refractivity (Wildman–Crippen MR) is 81.8 cm³/mol. The van der Waals surface area contributed by atoms with E-state index in [1.165, 1.54) is 17.3 Å². The van der Waals surface area contributed by atoms with Gasteiger partial charge in [0.25, 0.3) is 0 Å². The zero-order valence-corrected chi connectivity index (χ0v) is 13.1. The SMILES string of the molecule is CCNC1CC(c2ccc(SCC(F)F)cc2)C1(C)C. The first kappa shape index (κ1) is 15.8. The van der Waals surface area contributed by atoms with Crippen molar-refractivity contribution in [2.45, 2.75) is 50.5 Å². The summed E-state index contributed by atoms with van der Waals surface area (Å²) in [6.45, 7) is 7.74. The second kappa shape index (κ2) is 6.44. The van der Waals surface area contributed by atoms with E-state index in [4.69, 9.17) is 0 Å². The molecule has 1 saturated carbocycles. The van der Waals surface area contributed by atoms with Crippen molar-refractivity contribution >= 4 is 11.8 Å². The van der Waals surface area contributed by atoms with Crippen LogP contribution in [0.3, 0.4) is 0 Å². The molecule has 112 valence electrons. The number of hydrogen-bond donors (Lipinski definition) is 1. The van der Waals surface area contributed by atoms with Crippen molar-refractivity contribution in [3.05, 3.63) is 29.8 Å². The number of rotatable bonds is 6. The van der Waals surface area contributed by atoms with Crippen LogP contribution in [0.5, 0.6) is 0 Å². The van der Waals surface area contributed by atoms with Crippen LogP contribution in [0.2, 0.25) is 0 Å². The molecule has 0 bridgehead atoms. The molecule has 2 rings (SSSR count). The van der Waals surface area contributed by atoms with Gasteiger partial charge in [0.15, 0.2) is 0 Å². The summed E-state index contributed by atoms with van der Waals surface area (Å²) in [5, 5.41) is 3.53. The fraction of sp³-hybridized carbons (Fsp3) is 0.625. The lowest BCUT2D eigenvalue weighted by atomic mass is 9.56. The van der Waals surface area contributed by atoms with Crippen molar-refractivity contribution in [2.24, 2.45) is 5.41 Å². The molecule has 0 saturated heterocycles. The van der Waals surface area contributed by atoms with Gasteiger partial charge in [-0.25, -0.2) is 8.78 Å². The molecule has 4 heteroatoms. The maximum Gasteiger partial charge on any atom is 0.247 e. The Morgan fingerprint density at radius 2 is 1.95 bits per heavy atom. The number of nitrogens with one attached hydrogen (secondary N) is 1. The number of halogens is 2. The molecule has 1 aromatic carbocycles. The third-order valence-corrected chi connectivity index (χ3v) is 5.40.